The molecular weight excluding hydrogens is 410 g/mol. The van der Waals surface area contributed by atoms with Gasteiger partial charge in [0.2, 0.25) is 0 Å². The predicted octanol–water partition coefficient (Wildman–Crippen LogP) is 3.95. The third kappa shape index (κ3) is 4.86. The Kier molecular flexibility index (Phi) is 6.09. The number of nitrogens with zero attached hydrogens (tertiary/aromatic N) is 2. The topological polar surface area (TPSA) is 104 Å². The molecule has 29 heavy (non-hydrogen) atoms. The van der Waals surface area contributed by atoms with E-state index in [0.29, 0.717) is 18.0 Å². The number of rotatable bonds is 7. The molecule has 3 rings (SSSR count). The number of primary amides is 1. The van der Waals surface area contributed by atoms with Gasteiger partial charge in [-0.05, 0) is 36.0 Å². The van der Waals surface area contributed by atoms with Crippen LogP contribution in [0.3, 0.4) is 0 Å². The average molecular weight is 434 g/mol. The first-order valence-electron chi connectivity index (χ1n) is 9.08. The van der Waals surface area contributed by atoms with Gasteiger partial charge in [0, 0.05) is 29.4 Å². The first-order chi connectivity index (χ1) is 13.7. The van der Waals surface area contributed by atoms with Gasteiger partial charge in [-0.15, -0.1) is 11.3 Å². The smallest absolute Gasteiger partial charge is 0.334 e. The predicted molar refractivity (Wildman–Crippen MR) is 112 cm³/mol. The van der Waals surface area contributed by atoms with Gasteiger partial charge in [-0.25, -0.2) is 9.78 Å². The number of amides is 1. The van der Waals surface area contributed by atoms with E-state index in [0.717, 1.165) is 39.3 Å². The molecular formula is C20H23N3O4S2. The van der Waals surface area contributed by atoms with Gasteiger partial charge < -0.3 is 14.5 Å². The zero-order valence-electron chi connectivity index (χ0n) is 16.5. The second kappa shape index (κ2) is 8.38. The molecule has 1 amide bonds. The molecule has 0 fully saturated rings. The number of hydrogen-bond donors (Lipinski definition) is 1. The van der Waals surface area contributed by atoms with Crippen molar-refractivity contribution in [2.24, 2.45) is 11.7 Å². The highest BCUT2D eigenvalue weighted by molar-refractivity contribution is 7.89. The fraction of sp³-hybridized carbons (Fsp3) is 0.300. The highest BCUT2D eigenvalue weighted by atomic mass is 32.3. The highest BCUT2D eigenvalue weighted by Crippen LogP contribution is 2.41. The molecule has 0 aliphatic rings. The fourth-order valence-corrected chi connectivity index (χ4v) is 6.02. The van der Waals surface area contributed by atoms with Gasteiger partial charge in [0.25, 0.3) is 0 Å². The molecule has 0 atom stereocenters. The molecule has 0 saturated carbocycles. The highest BCUT2D eigenvalue weighted by Gasteiger charge is 2.29. The van der Waals surface area contributed by atoms with Gasteiger partial charge in [-0.2, -0.15) is 8.42 Å². The summed E-state index contributed by atoms with van der Waals surface area (Å²) >= 11 is 1.13. The Morgan fingerprint density at radius 1 is 1.28 bits per heavy atom. The van der Waals surface area contributed by atoms with Crippen LogP contribution in [0.2, 0.25) is 0 Å². The first kappa shape index (κ1) is 21.1. The van der Waals surface area contributed by atoms with E-state index in [9.17, 15) is 13.2 Å². The largest absolute Gasteiger partial charge is 0.420 e. The van der Waals surface area contributed by atoms with E-state index >= 15 is 0 Å². The molecule has 0 spiro atoms. The molecule has 2 heterocycles. The Bertz CT molecular complexity index is 1100. The van der Waals surface area contributed by atoms with Crippen LogP contribution in [-0.4, -0.2) is 24.1 Å². The summed E-state index contributed by atoms with van der Waals surface area (Å²) in [4.78, 5) is 16.1. The van der Waals surface area contributed by atoms with Gasteiger partial charge in [-0.3, -0.25) is 0 Å². The summed E-state index contributed by atoms with van der Waals surface area (Å²) < 4.78 is 31.7. The minimum absolute atomic E-state index is 0.00631. The van der Waals surface area contributed by atoms with Gasteiger partial charge >= 0.3 is 16.2 Å². The summed E-state index contributed by atoms with van der Waals surface area (Å²) in [6.45, 7) is 6.69. The fourth-order valence-electron chi connectivity index (χ4n) is 3.12. The molecule has 0 aliphatic carbocycles. The van der Waals surface area contributed by atoms with Gasteiger partial charge in [-0.1, -0.05) is 38.1 Å². The maximum atomic E-state index is 12.6. The Morgan fingerprint density at radius 3 is 2.52 bits per heavy atom. The van der Waals surface area contributed by atoms with Crippen molar-refractivity contribution in [3.8, 4) is 11.1 Å². The zero-order chi connectivity index (χ0) is 21.2. The van der Waals surface area contributed by atoms with Crippen LogP contribution in [0, 0.1) is 12.8 Å². The third-order valence-electron chi connectivity index (χ3n) is 4.39. The molecule has 0 saturated heterocycles. The third-order valence-corrected chi connectivity index (χ3v) is 7.41. The minimum Gasteiger partial charge on any atom is -0.334 e. The molecule has 9 heteroatoms. The van der Waals surface area contributed by atoms with Crippen molar-refractivity contribution >= 4 is 27.5 Å². The second-order valence-corrected chi connectivity index (χ2v) is 10.0. The number of carbonyl (C=O) groups is 1. The molecule has 1 aromatic carbocycles. The van der Waals surface area contributed by atoms with E-state index < -0.39 is 16.2 Å². The summed E-state index contributed by atoms with van der Waals surface area (Å²) in [5.74, 6) is 0.352. The summed E-state index contributed by atoms with van der Waals surface area (Å²) in [6.07, 6.45) is 4.72. The molecule has 0 unspecified atom stereocenters. The van der Waals surface area contributed by atoms with Crippen LogP contribution in [-0.2, 0) is 27.3 Å². The number of aromatic nitrogens is 2. The van der Waals surface area contributed by atoms with E-state index in [1.165, 1.54) is 0 Å². The Hall–Kier alpha value is -2.65. The summed E-state index contributed by atoms with van der Waals surface area (Å²) in [7, 11) is -4.30. The van der Waals surface area contributed by atoms with Gasteiger partial charge in [0.1, 0.15) is 0 Å². The van der Waals surface area contributed by atoms with Crippen molar-refractivity contribution in [1.29, 1.82) is 0 Å². The van der Waals surface area contributed by atoms with E-state index in [4.69, 9.17) is 5.73 Å². The van der Waals surface area contributed by atoms with Gasteiger partial charge in [0.05, 0.1) is 6.33 Å². The van der Waals surface area contributed by atoms with Crippen molar-refractivity contribution in [1.82, 2.24) is 9.55 Å². The molecule has 0 bridgehead atoms. The van der Waals surface area contributed by atoms with Crippen molar-refractivity contribution in [2.45, 2.75) is 37.9 Å². The van der Waals surface area contributed by atoms with Crippen LogP contribution in [0.1, 0.15) is 29.9 Å². The molecule has 0 aliphatic heterocycles. The number of nitrogens with two attached hydrogens (primary N) is 1. The second-order valence-electron chi connectivity index (χ2n) is 7.20. The van der Waals surface area contributed by atoms with E-state index in [-0.39, 0.29) is 4.21 Å². The van der Waals surface area contributed by atoms with Crippen molar-refractivity contribution in [3.05, 3.63) is 59.0 Å². The van der Waals surface area contributed by atoms with Crippen molar-refractivity contribution < 1.29 is 17.4 Å². The standard InChI is InChI=1S/C20H23N3O4S2/c1-13(2)10-17-14(3)18(19(28-17)29(25,26)27-20(21)24)16-6-4-15(5-7-16)11-23-9-8-22-12-23/h4-9,12-13H,10-11H2,1-3H3,(H2,21,24). The lowest BCUT2D eigenvalue weighted by Gasteiger charge is -2.09. The molecule has 154 valence electrons. The lowest BCUT2D eigenvalue weighted by Crippen LogP contribution is -2.18. The molecule has 3 aromatic rings. The SMILES string of the molecule is Cc1c(CC(C)C)sc(S(=O)(=O)OC(N)=O)c1-c1ccc(Cn2ccnc2)cc1. The Balaban J connectivity index is 2.04. The van der Waals surface area contributed by atoms with Gasteiger partial charge in [0.15, 0.2) is 4.21 Å². The number of carbonyl (C=O) groups excluding carboxylic acids is 1. The number of benzene rings is 1. The molecule has 2 aromatic heterocycles. The monoisotopic (exact) mass is 433 g/mol. The normalized spacial score (nSPS) is 11.7. The molecule has 0 radical (unpaired) electrons. The molecule has 7 nitrogen and oxygen atoms in total. The summed E-state index contributed by atoms with van der Waals surface area (Å²) in [5, 5.41) is 0. The minimum atomic E-state index is -4.30. The maximum Gasteiger partial charge on any atom is 0.420 e. The van der Waals surface area contributed by atoms with Crippen LogP contribution >= 0.6 is 11.3 Å². The van der Waals surface area contributed by atoms with E-state index in [1.54, 1.807) is 12.5 Å². The van der Waals surface area contributed by atoms with E-state index in [2.05, 4.69) is 23.0 Å². The van der Waals surface area contributed by atoms with Crippen LogP contribution in [0.25, 0.3) is 11.1 Å². The van der Waals surface area contributed by atoms with Crippen molar-refractivity contribution in [2.75, 3.05) is 0 Å². The number of hydrogen-bond acceptors (Lipinski definition) is 6. The van der Waals surface area contributed by atoms with Crippen LogP contribution in [0.5, 0.6) is 0 Å². The maximum absolute atomic E-state index is 12.6. The Labute approximate surface area is 174 Å². The lowest BCUT2D eigenvalue weighted by molar-refractivity contribution is 0.213. The van der Waals surface area contributed by atoms with Crippen LogP contribution in [0.15, 0.2) is 47.2 Å². The van der Waals surface area contributed by atoms with Crippen LogP contribution < -0.4 is 5.73 Å². The van der Waals surface area contributed by atoms with Crippen LogP contribution in [0.4, 0.5) is 4.79 Å². The van der Waals surface area contributed by atoms with E-state index in [1.807, 2.05) is 42.0 Å². The first-order valence-corrected chi connectivity index (χ1v) is 11.3. The summed E-state index contributed by atoms with van der Waals surface area (Å²) in [5.41, 5.74) is 8.20. The zero-order valence-corrected chi connectivity index (χ0v) is 18.1. The Morgan fingerprint density at radius 2 is 1.97 bits per heavy atom. The summed E-state index contributed by atoms with van der Waals surface area (Å²) in [6, 6.07) is 7.65. The number of imidazole rings is 1. The van der Waals surface area contributed by atoms with Crippen molar-refractivity contribution in [3.63, 3.8) is 0 Å². The molecule has 2 N–H and O–H groups in total. The quantitative estimate of drug-likeness (QED) is 0.568. The number of thiophene rings is 1. The average Bonchev–Trinajstić information content (AvgIpc) is 3.23. The lowest BCUT2D eigenvalue weighted by atomic mass is 9.99.